The second-order valence-corrected chi connectivity index (χ2v) is 8.44. The number of aromatic nitrogens is 1. The van der Waals surface area contributed by atoms with Crippen LogP contribution < -0.4 is 4.72 Å². The summed E-state index contributed by atoms with van der Waals surface area (Å²) in [5, 5.41) is 0.321. The Kier molecular flexibility index (Phi) is 8.51. The largest absolute Gasteiger partial charge is 0.587 e. The first-order chi connectivity index (χ1) is 15.0. The zero-order chi connectivity index (χ0) is 24.1. The van der Waals surface area contributed by atoms with Crippen molar-refractivity contribution in [3.05, 3.63) is 71.6 Å². The van der Waals surface area contributed by atoms with Crippen LogP contribution in [0.1, 0.15) is 30.0 Å². The lowest BCUT2D eigenvalue weighted by atomic mass is 9.97. The molecule has 172 valence electrons. The fourth-order valence-corrected chi connectivity index (χ4v) is 3.74. The van der Waals surface area contributed by atoms with Gasteiger partial charge in [-0.2, -0.15) is 22.9 Å². The topological polar surface area (TPSA) is 63.6 Å². The van der Waals surface area contributed by atoms with Crippen molar-refractivity contribution in [2.24, 2.45) is 4.99 Å². The summed E-state index contributed by atoms with van der Waals surface area (Å²) in [6.45, 7) is 9.01. The highest BCUT2D eigenvalue weighted by Gasteiger charge is 2.35. The minimum absolute atomic E-state index is 0.0625. The Hall–Kier alpha value is -2.78. The summed E-state index contributed by atoms with van der Waals surface area (Å²) < 4.78 is 56.6. The van der Waals surface area contributed by atoms with Crippen LogP contribution >= 0.6 is 0 Å². The Bertz CT molecular complexity index is 1030. The van der Waals surface area contributed by atoms with Crippen LogP contribution in [0.25, 0.3) is 11.3 Å². The fourth-order valence-electron chi connectivity index (χ4n) is 2.88. The molecule has 9 heteroatoms. The average Bonchev–Trinajstić information content (AvgIpc) is 2.72. The van der Waals surface area contributed by atoms with Gasteiger partial charge < -0.3 is 9.45 Å². The summed E-state index contributed by atoms with van der Waals surface area (Å²) in [6, 6.07) is 7.24. The zero-order valence-corrected chi connectivity index (χ0v) is 19.6. The van der Waals surface area contributed by atoms with Crippen LogP contribution in [0.4, 0.5) is 19.0 Å². The summed E-state index contributed by atoms with van der Waals surface area (Å²) in [7, 11) is 3.58. The van der Waals surface area contributed by atoms with Crippen LogP contribution in [-0.4, -0.2) is 33.6 Å². The molecule has 0 aliphatic heterocycles. The molecule has 0 radical (unpaired) electrons. The standard InChI is InChI=1S/C23H27F3N4OS/c1-7-10-20(30(5)6)28-21(8-2)32(31)29-19-14-13-18(23(24,25)26)22(27-19)17-12-9-11-15(3)16(17)4/h7,9-14H,1,8H2,2-6H3,(H,27,29)/b20-10+,28-21?. The number of alkyl halides is 3. The fraction of sp³-hybridized carbons (Fsp3) is 0.304. The van der Waals surface area contributed by atoms with E-state index in [0.29, 0.717) is 28.4 Å². The molecule has 0 aliphatic carbocycles. The molecule has 1 unspecified atom stereocenters. The van der Waals surface area contributed by atoms with Gasteiger partial charge in [-0.25, -0.2) is 4.98 Å². The highest BCUT2D eigenvalue weighted by atomic mass is 32.2. The summed E-state index contributed by atoms with van der Waals surface area (Å²) >= 11 is -1.80. The average molecular weight is 465 g/mol. The van der Waals surface area contributed by atoms with Gasteiger partial charge in [-0.15, -0.1) is 0 Å². The maximum atomic E-state index is 13.7. The van der Waals surface area contributed by atoms with E-state index in [0.717, 1.165) is 11.6 Å². The van der Waals surface area contributed by atoms with Crippen LogP contribution in [0, 0.1) is 13.8 Å². The van der Waals surface area contributed by atoms with Gasteiger partial charge in [-0.1, -0.05) is 37.8 Å². The first-order valence-corrected chi connectivity index (χ1v) is 11.0. The smallest absolute Gasteiger partial charge is 0.418 e. The number of halogens is 3. The van der Waals surface area contributed by atoms with Crippen molar-refractivity contribution >= 4 is 22.2 Å². The number of hydrogen-bond acceptors (Lipinski definition) is 5. The van der Waals surface area contributed by atoms with E-state index >= 15 is 0 Å². The predicted molar refractivity (Wildman–Crippen MR) is 126 cm³/mol. The molecule has 1 atom stereocenters. The van der Waals surface area contributed by atoms with Crippen LogP contribution in [0.15, 0.2) is 59.9 Å². The lowest BCUT2D eigenvalue weighted by Gasteiger charge is -2.18. The SMILES string of the molecule is C=C/C=C(\N=C(CC)[S+]([O-])Nc1ccc(C(F)(F)F)c(-c2cccc(C)c2C)n1)N(C)C. The Labute approximate surface area is 190 Å². The number of aryl methyl sites for hydroxylation is 1. The van der Waals surface area contributed by atoms with E-state index < -0.39 is 23.1 Å². The highest BCUT2D eigenvalue weighted by molar-refractivity contribution is 8.07. The number of nitrogens with zero attached hydrogens (tertiary/aromatic N) is 3. The van der Waals surface area contributed by atoms with Gasteiger partial charge >= 0.3 is 6.18 Å². The van der Waals surface area contributed by atoms with Crippen LogP contribution in [0.5, 0.6) is 0 Å². The number of benzene rings is 1. The second kappa shape index (κ2) is 10.7. The lowest BCUT2D eigenvalue weighted by molar-refractivity contribution is -0.137. The molecular weight excluding hydrogens is 437 g/mol. The number of aliphatic imine (C=N–C) groups is 1. The molecule has 0 spiro atoms. The van der Waals surface area contributed by atoms with Crippen molar-refractivity contribution in [2.75, 3.05) is 18.8 Å². The van der Waals surface area contributed by atoms with Gasteiger partial charge in [0.05, 0.1) is 11.3 Å². The molecule has 0 aliphatic rings. The normalized spacial score (nSPS) is 13.7. The summed E-state index contributed by atoms with van der Waals surface area (Å²) in [5.74, 6) is 0.607. The van der Waals surface area contributed by atoms with E-state index in [1.54, 1.807) is 57.1 Å². The van der Waals surface area contributed by atoms with Crippen molar-refractivity contribution in [3.8, 4) is 11.3 Å². The number of hydrogen-bond donors (Lipinski definition) is 1. The van der Waals surface area contributed by atoms with Gasteiger partial charge in [-0.05, 0) is 43.2 Å². The summed E-state index contributed by atoms with van der Waals surface area (Å²) in [4.78, 5) is 10.3. The van der Waals surface area contributed by atoms with Crippen molar-refractivity contribution in [1.29, 1.82) is 0 Å². The molecule has 1 aromatic carbocycles. The molecule has 0 amide bonds. The number of pyridine rings is 1. The molecule has 1 N–H and O–H groups in total. The first-order valence-electron chi connectivity index (χ1n) is 9.90. The van der Waals surface area contributed by atoms with E-state index in [1.807, 2.05) is 13.0 Å². The van der Waals surface area contributed by atoms with Crippen molar-refractivity contribution in [3.63, 3.8) is 0 Å². The van der Waals surface area contributed by atoms with E-state index in [-0.39, 0.29) is 11.5 Å². The van der Waals surface area contributed by atoms with E-state index in [1.165, 1.54) is 6.07 Å². The molecule has 2 aromatic rings. The Morgan fingerprint density at radius 1 is 1.25 bits per heavy atom. The lowest BCUT2D eigenvalue weighted by Crippen LogP contribution is -2.25. The summed E-state index contributed by atoms with van der Waals surface area (Å²) in [6.07, 6.45) is -0.979. The van der Waals surface area contributed by atoms with Gasteiger partial charge in [0.15, 0.2) is 5.82 Å². The van der Waals surface area contributed by atoms with Gasteiger partial charge in [0.1, 0.15) is 17.2 Å². The number of rotatable bonds is 7. The molecule has 2 rings (SSSR count). The van der Waals surface area contributed by atoms with Crippen LogP contribution in [0.2, 0.25) is 0 Å². The Morgan fingerprint density at radius 3 is 2.50 bits per heavy atom. The van der Waals surface area contributed by atoms with Crippen molar-refractivity contribution in [1.82, 2.24) is 9.88 Å². The van der Waals surface area contributed by atoms with Crippen molar-refractivity contribution in [2.45, 2.75) is 33.4 Å². The zero-order valence-electron chi connectivity index (χ0n) is 18.7. The van der Waals surface area contributed by atoms with Gasteiger partial charge in [0.25, 0.3) is 0 Å². The van der Waals surface area contributed by atoms with Crippen LogP contribution in [-0.2, 0) is 17.5 Å². The first kappa shape index (κ1) is 25.5. The number of allylic oxidation sites excluding steroid dienone is 2. The second-order valence-electron chi connectivity index (χ2n) is 7.22. The van der Waals surface area contributed by atoms with Crippen LogP contribution in [0.3, 0.4) is 0 Å². The third-order valence-corrected chi connectivity index (χ3v) is 5.94. The van der Waals surface area contributed by atoms with E-state index in [2.05, 4.69) is 21.3 Å². The maximum absolute atomic E-state index is 13.7. The maximum Gasteiger partial charge on any atom is 0.418 e. The minimum Gasteiger partial charge on any atom is -0.587 e. The molecule has 1 heterocycles. The Balaban J connectivity index is 2.50. The molecule has 0 saturated carbocycles. The Morgan fingerprint density at radius 2 is 1.94 bits per heavy atom. The molecule has 0 fully saturated rings. The summed E-state index contributed by atoms with van der Waals surface area (Å²) in [5.41, 5.74) is 0.863. The quantitative estimate of drug-likeness (QED) is 0.241. The van der Waals surface area contributed by atoms with Gasteiger partial charge in [-0.3, -0.25) is 0 Å². The van der Waals surface area contributed by atoms with Gasteiger partial charge in [0.2, 0.25) is 5.04 Å². The third-order valence-electron chi connectivity index (χ3n) is 4.74. The molecule has 0 bridgehead atoms. The third kappa shape index (κ3) is 6.14. The van der Waals surface area contributed by atoms with Gasteiger partial charge in [0, 0.05) is 26.1 Å². The number of anilines is 1. The minimum atomic E-state index is -4.58. The predicted octanol–water partition coefficient (Wildman–Crippen LogP) is 5.86. The number of nitrogens with one attached hydrogen (secondary N) is 1. The molecule has 5 nitrogen and oxygen atoms in total. The molecule has 32 heavy (non-hydrogen) atoms. The van der Waals surface area contributed by atoms with Crippen molar-refractivity contribution < 1.29 is 17.7 Å². The van der Waals surface area contributed by atoms with E-state index in [9.17, 15) is 17.7 Å². The monoisotopic (exact) mass is 464 g/mol. The van der Waals surface area contributed by atoms with E-state index in [4.69, 9.17) is 0 Å². The molecule has 1 aromatic heterocycles. The molecule has 0 saturated heterocycles. The molecular formula is C23H27F3N4OS. The highest BCUT2D eigenvalue weighted by Crippen LogP contribution is 2.38.